The number of rotatable bonds is 3. The Morgan fingerprint density at radius 2 is 2.25 bits per heavy atom. The second kappa shape index (κ2) is 4.53. The second-order valence-electron chi connectivity index (χ2n) is 3.69. The van der Waals surface area contributed by atoms with Gasteiger partial charge in [-0.25, -0.2) is 0 Å². The summed E-state index contributed by atoms with van der Waals surface area (Å²) in [5, 5.41) is 11.7. The van der Waals surface area contributed by atoms with E-state index < -0.39 is 0 Å². The van der Waals surface area contributed by atoms with Crippen LogP contribution in [0.1, 0.15) is 11.3 Å². The standard InChI is InChI=1S/C11H13ClN4/c1-8-3-4-11(10(12)5-8)13-6-9-7-14-15-16(9)2/h3-5,7,13H,6H2,1-2H3. The lowest BCUT2D eigenvalue weighted by atomic mass is 10.2. The molecule has 0 amide bonds. The van der Waals surface area contributed by atoms with Gasteiger partial charge in [0.05, 0.1) is 29.1 Å². The molecule has 0 fully saturated rings. The number of aryl methyl sites for hydroxylation is 2. The minimum absolute atomic E-state index is 0.659. The fraction of sp³-hybridized carbons (Fsp3) is 0.273. The highest BCUT2D eigenvalue weighted by atomic mass is 35.5. The summed E-state index contributed by atoms with van der Waals surface area (Å²) in [5.74, 6) is 0. The first-order valence-corrected chi connectivity index (χ1v) is 5.38. The van der Waals surface area contributed by atoms with E-state index >= 15 is 0 Å². The van der Waals surface area contributed by atoms with Crippen molar-refractivity contribution in [2.45, 2.75) is 13.5 Å². The number of hydrogen-bond donors (Lipinski definition) is 1. The maximum atomic E-state index is 6.11. The lowest BCUT2D eigenvalue weighted by molar-refractivity contribution is 0.683. The van der Waals surface area contributed by atoms with Gasteiger partial charge in [-0.05, 0) is 24.6 Å². The molecule has 1 aromatic carbocycles. The fourth-order valence-electron chi connectivity index (χ4n) is 1.42. The molecule has 84 valence electrons. The Kier molecular flexibility index (Phi) is 3.10. The third kappa shape index (κ3) is 2.33. The largest absolute Gasteiger partial charge is 0.378 e. The van der Waals surface area contributed by atoms with Crippen molar-refractivity contribution in [2.75, 3.05) is 5.32 Å². The lowest BCUT2D eigenvalue weighted by Gasteiger charge is -2.08. The molecular formula is C11H13ClN4. The van der Waals surface area contributed by atoms with Gasteiger partial charge in [0.15, 0.2) is 0 Å². The van der Waals surface area contributed by atoms with Gasteiger partial charge < -0.3 is 5.32 Å². The van der Waals surface area contributed by atoms with Crippen LogP contribution in [0.5, 0.6) is 0 Å². The van der Waals surface area contributed by atoms with Crippen LogP contribution in [-0.2, 0) is 13.6 Å². The SMILES string of the molecule is Cc1ccc(NCc2cnnn2C)c(Cl)c1. The highest BCUT2D eigenvalue weighted by Crippen LogP contribution is 2.22. The monoisotopic (exact) mass is 236 g/mol. The van der Waals surface area contributed by atoms with E-state index in [2.05, 4.69) is 15.6 Å². The quantitative estimate of drug-likeness (QED) is 0.890. The van der Waals surface area contributed by atoms with Crippen molar-refractivity contribution >= 4 is 17.3 Å². The molecule has 1 heterocycles. The Balaban J connectivity index is 2.08. The van der Waals surface area contributed by atoms with E-state index in [9.17, 15) is 0 Å². The third-order valence-electron chi connectivity index (χ3n) is 2.39. The summed E-state index contributed by atoms with van der Waals surface area (Å²) in [7, 11) is 1.86. The van der Waals surface area contributed by atoms with Gasteiger partial charge in [-0.15, -0.1) is 5.10 Å². The molecule has 2 rings (SSSR count). The zero-order valence-electron chi connectivity index (χ0n) is 9.24. The molecule has 0 aliphatic rings. The van der Waals surface area contributed by atoms with Crippen molar-refractivity contribution < 1.29 is 0 Å². The van der Waals surface area contributed by atoms with Crippen molar-refractivity contribution in [3.05, 3.63) is 40.7 Å². The minimum Gasteiger partial charge on any atom is -0.378 e. The molecular weight excluding hydrogens is 224 g/mol. The highest BCUT2D eigenvalue weighted by molar-refractivity contribution is 6.33. The van der Waals surface area contributed by atoms with Gasteiger partial charge in [0, 0.05) is 7.05 Å². The molecule has 0 saturated carbocycles. The van der Waals surface area contributed by atoms with Crippen molar-refractivity contribution in [1.29, 1.82) is 0 Å². The van der Waals surface area contributed by atoms with E-state index in [1.165, 1.54) is 0 Å². The molecule has 1 N–H and O–H groups in total. The Labute approximate surface area is 99.2 Å². The molecule has 0 aliphatic heterocycles. The van der Waals surface area contributed by atoms with Crippen molar-refractivity contribution in [3.63, 3.8) is 0 Å². The smallest absolute Gasteiger partial charge is 0.0774 e. The van der Waals surface area contributed by atoms with E-state index in [0.29, 0.717) is 6.54 Å². The van der Waals surface area contributed by atoms with Crippen molar-refractivity contribution in [3.8, 4) is 0 Å². The van der Waals surface area contributed by atoms with Gasteiger partial charge >= 0.3 is 0 Å². The first kappa shape index (κ1) is 11.0. The highest BCUT2D eigenvalue weighted by Gasteiger charge is 2.02. The molecule has 1 aromatic heterocycles. The zero-order chi connectivity index (χ0) is 11.5. The molecule has 0 bridgehead atoms. The summed E-state index contributed by atoms with van der Waals surface area (Å²) in [6, 6.07) is 5.93. The Morgan fingerprint density at radius 1 is 1.44 bits per heavy atom. The van der Waals surface area contributed by atoms with E-state index in [1.807, 2.05) is 32.2 Å². The number of halogens is 1. The van der Waals surface area contributed by atoms with Crippen LogP contribution in [0.25, 0.3) is 0 Å². The number of anilines is 1. The molecule has 0 aliphatic carbocycles. The predicted molar refractivity (Wildman–Crippen MR) is 64.5 cm³/mol. The van der Waals surface area contributed by atoms with E-state index in [1.54, 1.807) is 10.9 Å². The van der Waals surface area contributed by atoms with Crippen LogP contribution in [0.2, 0.25) is 5.02 Å². The van der Waals surface area contributed by atoms with Crippen LogP contribution in [-0.4, -0.2) is 15.0 Å². The summed E-state index contributed by atoms with van der Waals surface area (Å²) in [5.41, 5.74) is 3.09. The van der Waals surface area contributed by atoms with Crippen molar-refractivity contribution in [2.24, 2.45) is 7.05 Å². The third-order valence-corrected chi connectivity index (χ3v) is 2.71. The summed E-state index contributed by atoms with van der Waals surface area (Å²) >= 11 is 6.11. The van der Waals surface area contributed by atoms with E-state index in [4.69, 9.17) is 11.6 Å². The number of nitrogens with one attached hydrogen (secondary N) is 1. The van der Waals surface area contributed by atoms with Crippen LogP contribution >= 0.6 is 11.6 Å². The van der Waals surface area contributed by atoms with E-state index in [0.717, 1.165) is 22.0 Å². The Morgan fingerprint density at radius 3 is 2.88 bits per heavy atom. The average molecular weight is 237 g/mol. The van der Waals surface area contributed by atoms with Gasteiger partial charge in [-0.3, -0.25) is 4.68 Å². The van der Waals surface area contributed by atoms with Gasteiger partial charge in [0.25, 0.3) is 0 Å². The number of benzene rings is 1. The summed E-state index contributed by atoms with van der Waals surface area (Å²) in [6.45, 7) is 2.67. The predicted octanol–water partition coefficient (Wildman–Crippen LogP) is 2.39. The van der Waals surface area contributed by atoms with Gasteiger partial charge in [-0.1, -0.05) is 22.9 Å². The lowest BCUT2D eigenvalue weighted by Crippen LogP contribution is -2.05. The fourth-order valence-corrected chi connectivity index (χ4v) is 1.72. The number of hydrogen-bond acceptors (Lipinski definition) is 3. The van der Waals surface area contributed by atoms with Crippen molar-refractivity contribution in [1.82, 2.24) is 15.0 Å². The minimum atomic E-state index is 0.659. The second-order valence-corrected chi connectivity index (χ2v) is 4.09. The maximum absolute atomic E-state index is 6.11. The Bertz CT molecular complexity index is 492. The Hall–Kier alpha value is -1.55. The molecule has 0 radical (unpaired) electrons. The molecule has 0 spiro atoms. The maximum Gasteiger partial charge on any atom is 0.0774 e. The molecule has 16 heavy (non-hydrogen) atoms. The number of aromatic nitrogens is 3. The van der Waals surface area contributed by atoms with Crippen LogP contribution in [0.3, 0.4) is 0 Å². The van der Waals surface area contributed by atoms with Gasteiger partial charge in [-0.2, -0.15) is 0 Å². The normalized spacial score (nSPS) is 10.4. The van der Waals surface area contributed by atoms with Gasteiger partial charge in [0.2, 0.25) is 0 Å². The van der Waals surface area contributed by atoms with E-state index in [-0.39, 0.29) is 0 Å². The topological polar surface area (TPSA) is 42.7 Å². The summed E-state index contributed by atoms with van der Waals surface area (Å²) in [4.78, 5) is 0. The molecule has 0 atom stereocenters. The van der Waals surface area contributed by atoms with Gasteiger partial charge in [0.1, 0.15) is 0 Å². The van der Waals surface area contributed by atoms with Crippen LogP contribution in [0.15, 0.2) is 24.4 Å². The molecule has 2 aromatic rings. The zero-order valence-corrected chi connectivity index (χ0v) is 9.99. The molecule has 0 saturated heterocycles. The number of nitrogens with zero attached hydrogens (tertiary/aromatic N) is 3. The first-order chi connectivity index (χ1) is 7.66. The van der Waals surface area contributed by atoms with Crippen LogP contribution in [0.4, 0.5) is 5.69 Å². The molecule has 5 heteroatoms. The summed E-state index contributed by atoms with van der Waals surface area (Å²) < 4.78 is 1.73. The van der Waals surface area contributed by atoms with Crippen LogP contribution in [0, 0.1) is 6.92 Å². The first-order valence-electron chi connectivity index (χ1n) is 5.00. The molecule has 0 unspecified atom stereocenters. The van der Waals surface area contributed by atoms with Crippen LogP contribution < -0.4 is 5.32 Å². The molecule has 4 nitrogen and oxygen atoms in total. The summed E-state index contributed by atoms with van der Waals surface area (Å²) in [6.07, 6.45) is 1.73. The average Bonchev–Trinajstić information content (AvgIpc) is 2.63.